The first kappa shape index (κ1) is 12.6. The zero-order chi connectivity index (χ0) is 13.0. The van der Waals surface area contributed by atoms with Crippen LogP contribution in [-0.2, 0) is 6.54 Å². The molecule has 0 aliphatic rings. The number of amides is 1. The highest BCUT2D eigenvalue weighted by atomic mass is 79.9. The van der Waals surface area contributed by atoms with Crippen molar-refractivity contribution in [1.29, 1.82) is 0 Å². The summed E-state index contributed by atoms with van der Waals surface area (Å²) in [6.07, 6.45) is 3.56. The third-order valence-corrected chi connectivity index (χ3v) is 3.17. The number of hydrogen-bond donors (Lipinski definition) is 2. The second-order valence-corrected chi connectivity index (χ2v) is 4.62. The molecule has 94 valence electrons. The van der Waals surface area contributed by atoms with Crippen molar-refractivity contribution in [1.82, 2.24) is 15.1 Å². The maximum atomic E-state index is 11.8. The molecule has 18 heavy (non-hydrogen) atoms. The second kappa shape index (κ2) is 5.68. The first-order valence-corrected chi connectivity index (χ1v) is 6.27. The smallest absolute Gasteiger partial charge is 0.251 e. The molecule has 0 saturated heterocycles. The van der Waals surface area contributed by atoms with Gasteiger partial charge >= 0.3 is 0 Å². The van der Waals surface area contributed by atoms with Crippen LogP contribution in [0.3, 0.4) is 0 Å². The van der Waals surface area contributed by atoms with Crippen LogP contribution in [0.4, 0.5) is 5.69 Å². The predicted octanol–water partition coefficient (Wildman–Crippen LogP) is 1.66. The van der Waals surface area contributed by atoms with E-state index in [2.05, 4.69) is 26.3 Å². The summed E-state index contributed by atoms with van der Waals surface area (Å²) in [4.78, 5) is 11.8. The van der Waals surface area contributed by atoms with Crippen molar-refractivity contribution in [3.05, 3.63) is 46.7 Å². The van der Waals surface area contributed by atoms with Gasteiger partial charge in [-0.3, -0.25) is 9.48 Å². The van der Waals surface area contributed by atoms with Crippen molar-refractivity contribution in [3.63, 3.8) is 0 Å². The van der Waals surface area contributed by atoms with E-state index in [9.17, 15) is 4.79 Å². The number of nitrogens with two attached hydrogens (primary N) is 1. The Kier molecular flexibility index (Phi) is 3.99. The maximum Gasteiger partial charge on any atom is 0.251 e. The number of rotatable bonds is 4. The van der Waals surface area contributed by atoms with Crippen LogP contribution in [0.1, 0.15) is 10.4 Å². The topological polar surface area (TPSA) is 72.9 Å². The Balaban J connectivity index is 1.89. The van der Waals surface area contributed by atoms with Crippen molar-refractivity contribution in [2.75, 3.05) is 12.3 Å². The van der Waals surface area contributed by atoms with E-state index in [1.54, 1.807) is 29.1 Å². The van der Waals surface area contributed by atoms with Gasteiger partial charge in [-0.2, -0.15) is 5.10 Å². The van der Waals surface area contributed by atoms with E-state index >= 15 is 0 Å². The number of aromatic nitrogens is 2. The summed E-state index contributed by atoms with van der Waals surface area (Å²) in [5, 5.41) is 6.86. The van der Waals surface area contributed by atoms with Crippen LogP contribution in [0.5, 0.6) is 0 Å². The van der Waals surface area contributed by atoms with Crippen LogP contribution in [0.25, 0.3) is 0 Å². The monoisotopic (exact) mass is 308 g/mol. The number of carbonyl (C=O) groups excluding carboxylic acids is 1. The third kappa shape index (κ3) is 3.10. The highest BCUT2D eigenvalue weighted by Crippen LogP contribution is 2.19. The lowest BCUT2D eigenvalue weighted by Crippen LogP contribution is -2.27. The van der Waals surface area contributed by atoms with E-state index in [0.29, 0.717) is 24.3 Å². The van der Waals surface area contributed by atoms with Crippen LogP contribution < -0.4 is 11.1 Å². The molecule has 0 bridgehead atoms. The van der Waals surface area contributed by atoms with Gasteiger partial charge in [0.05, 0.1) is 6.54 Å². The van der Waals surface area contributed by atoms with Gasteiger partial charge in [0.25, 0.3) is 5.91 Å². The van der Waals surface area contributed by atoms with Gasteiger partial charge in [0.1, 0.15) is 0 Å². The molecule has 1 amide bonds. The average molecular weight is 309 g/mol. The molecule has 0 unspecified atom stereocenters. The van der Waals surface area contributed by atoms with Crippen molar-refractivity contribution < 1.29 is 4.79 Å². The van der Waals surface area contributed by atoms with E-state index in [0.717, 1.165) is 4.47 Å². The molecular weight excluding hydrogens is 296 g/mol. The predicted molar refractivity (Wildman–Crippen MR) is 73.1 cm³/mol. The van der Waals surface area contributed by atoms with Gasteiger partial charge < -0.3 is 11.1 Å². The summed E-state index contributed by atoms with van der Waals surface area (Å²) in [6.45, 7) is 1.17. The molecule has 0 aliphatic carbocycles. The van der Waals surface area contributed by atoms with E-state index in [4.69, 9.17) is 5.73 Å². The number of nitrogens with zero attached hydrogens (tertiary/aromatic N) is 2. The molecule has 1 aromatic carbocycles. The number of benzene rings is 1. The van der Waals surface area contributed by atoms with Crippen molar-refractivity contribution in [3.8, 4) is 0 Å². The molecule has 0 radical (unpaired) electrons. The molecule has 0 saturated carbocycles. The van der Waals surface area contributed by atoms with Crippen LogP contribution in [0.2, 0.25) is 0 Å². The van der Waals surface area contributed by atoms with Crippen molar-refractivity contribution >= 4 is 27.5 Å². The lowest BCUT2D eigenvalue weighted by Gasteiger charge is -2.06. The summed E-state index contributed by atoms with van der Waals surface area (Å²) in [5.41, 5.74) is 6.83. The van der Waals surface area contributed by atoms with Gasteiger partial charge in [0.2, 0.25) is 0 Å². The Hall–Kier alpha value is -1.82. The molecule has 3 N–H and O–H groups in total. The van der Waals surface area contributed by atoms with Crippen LogP contribution in [0, 0.1) is 0 Å². The van der Waals surface area contributed by atoms with Gasteiger partial charge in [-0.15, -0.1) is 0 Å². The molecule has 0 spiro atoms. The van der Waals surface area contributed by atoms with Crippen LogP contribution >= 0.6 is 15.9 Å². The van der Waals surface area contributed by atoms with Crippen molar-refractivity contribution in [2.24, 2.45) is 0 Å². The first-order valence-electron chi connectivity index (χ1n) is 5.47. The SMILES string of the molecule is Nc1cc(C(=O)NCCn2cccn2)ccc1Br. The summed E-state index contributed by atoms with van der Waals surface area (Å²) < 4.78 is 2.55. The molecule has 1 heterocycles. The molecule has 0 atom stereocenters. The van der Waals surface area contributed by atoms with Crippen LogP contribution in [-0.4, -0.2) is 22.2 Å². The second-order valence-electron chi connectivity index (χ2n) is 3.76. The lowest BCUT2D eigenvalue weighted by atomic mass is 10.2. The summed E-state index contributed by atoms with van der Waals surface area (Å²) >= 11 is 3.29. The fourth-order valence-electron chi connectivity index (χ4n) is 1.50. The Morgan fingerprint density at radius 3 is 3.00 bits per heavy atom. The van der Waals surface area contributed by atoms with Gasteiger partial charge in [0, 0.05) is 34.7 Å². The lowest BCUT2D eigenvalue weighted by molar-refractivity contribution is 0.0952. The number of nitrogens with one attached hydrogen (secondary N) is 1. The number of halogens is 1. The molecule has 2 rings (SSSR count). The summed E-state index contributed by atoms with van der Waals surface area (Å²) in [6, 6.07) is 6.98. The van der Waals surface area contributed by atoms with Gasteiger partial charge in [-0.25, -0.2) is 0 Å². The van der Waals surface area contributed by atoms with Crippen molar-refractivity contribution in [2.45, 2.75) is 6.54 Å². The minimum Gasteiger partial charge on any atom is -0.398 e. The molecule has 1 aromatic heterocycles. The zero-order valence-electron chi connectivity index (χ0n) is 9.64. The van der Waals surface area contributed by atoms with E-state index in [1.807, 2.05) is 12.3 Å². The fourth-order valence-corrected chi connectivity index (χ4v) is 1.75. The van der Waals surface area contributed by atoms with Crippen LogP contribution in [0.15, 0.2) is 41.1 Å². The minimum atomic E-state index is -0.138. The molecule has 5 nitrogen and oxygen atoms in total. The minimum absolute atomic E-state index is 0.138. The highest BCUT2D eigenvalue weighted by molar-refractivity contribution is 9.10. The van der Waals surface area contributed by atoms with Gasteiger partial charge in [-0.1, -0.05) is 0 Å². The van der Waals surface area contributed by atoms with Gasteiger partial charge in [-0.05, 0) is 40.2 Å². The van der Waals surface area contributed by atoms with E-state index in [1.165, 1.54) is 0 Å². The number of carbonyl (C=O) groups is 1. The number of hydrogen-bond acceptors (Lipinski definition) is 3. The Morgan fingerprint density at radius 2 is 2.33 bits per heavy atom. The standard InChI is InChI=1S/C12H13BrN4O/c13-10-3-2-9(8-11(10)14)12(18)15-5-7-17-6-1-4-16-17/h1-4,6,8H,5,7,14H2,(H,15,18). The normalized spacial score (nSPS) is 10.3. The molecule has 6 heteroatoms. The summed E-state index contributed by atoms with van der Waals surface area (Å²) in [7, 11) is 0. The highest BCUT2D eigenvalue weighted by Gasteiger charge is 2.06. The third-order valence-electron chi connectivity index (χ3n) is 2.44. The quantitative estimate of drug-likeness (QED) is 0.844. The summed E-state index contributed by atoms with van der Waals surface area (Å²) in [5.74, 6) is -0.138. The van der Waals surface area contributed by atoms with Gasteiger partial charge in [0.15, 0.2) is 0 Å². The first-order chi connectivity index (χ1) is 8.66. The van der Waals surface area contributed by atoms with E-state index in [-0.39, 0.29) is 5.91 Å². The Morgan fingerprint density at radius 1 is 1.50 bits per heavy atom. The van der Waals surface area contributed by atoms with E-state index < -0.39 is 0 Å². The molecule has 0 aliphatic heterocycles. The molecular formula is C12H13BrN4O. The number of anilines is 1. The molecule has 2 aromatic rings. The molecule has 0 fully saturated rings. The largest absolute Gasteiger partial charge is 0.398 e. The average Bonchev–Trinajstić information content (AvgIpc) is 2.85. The number of nitrogen functional groups attached to an aromatic ring is 1. The zero-order valence-corrected chi connectivity index (χ0v) is 11.2. The maximum absolute atomic E-state index is 11.8. The fraction of sp³-hybridized carbons (Fsp3) is 0.167. The Labute approximate surface area is 113 Å². The Bertz CT molecular complexity index is 539.